The molecule has 134 valence electrons. The summed E-state index contributed by atoms with van der Waals surface area (Å²) in [6.07, 6.45) is 0. The Morgan fingerprint density at radius 3 is 2.35 bits per heavy atom. The number of hydrogen-bond donors (Lipinski definition) is 2. The SMILES string of the molecule is O=C(O)c1ccc(-c2ccc(NS(=O)(=O)c3ccc(Cl)cc3)cc2Br)o1. The van der Waals surface area contributed by atoms with Crippen molar-refractivity contribution < 1.29 is 22.7 Å². The van der Waals surface area contributed by atoms with Gasteiger partial charge in [0.05, 0.1) is 4.90 Å². The Morgan fingerprint density at radius 1 is 1.08 bits per heavy atom. The molecule has 0 amide bonds. The number of carboxylic acids is 1. The molecule has 0 saturated heterocycles. The molecule has 6 nitrogen and oxygen atoms in total. The standard InChI is InChI=1S/C17H11BrClNO5S/c18-14-9-11(20-26(23,24)12-4-1-10(19)2-5-12)3-6-13(14)15-7-8-16(25-15)17(21)22/h1-9,20H,(H,21,22). The number of carbonyl (C=O) groups is 1. The third-order valence-corrected chi connectivity index (χ3v) is 5.73. The summed E-state index contributed by atoms with van der Waals surface area (Å²) in [4.78, 5) is 11.0. The number of halogens is 2. The summed E-state index contributed by atoms with van der Waals surface area (Å²) in [7, 11) is -3.76. The van der Waals surface area contributed by atoms with E-state index in [1.165, 1.54) is 36.4 Å². The van der Waals surface area contributed by atoms with Crippen molar-refractivity contribution in [3.05, 3.63) is 69.9 Å². The van der Waals surface area contributed by atoms with E-state index in [2.05, 4.69) is 20.7 Å². The maximum Gasteiger partial charge on any atom is 0.371 e. The monoisotopic (exact) mass is 455 g/mol. The Bertz CT molecular complexity index is 1080. The number of benzene rings is 2. The predicted molar refractivity (Wildman–Crippen MR) is 101 cm³/mol. The van der Waals surface area contributed by atoms with Crippen LogP contribution in [0.1, 0.15) is 10.6 Å². The molecule has 2 N–H and O–H groups in total. The van der Waals surface area contributed by atoms with Gasteiger partial charge in [-0.15, -0.1) is 0 Å². The second-order valence-electron chi connectivity index (χ2n) is 5.22. The fraction of sp³-hybridized carbons (Fsp3) is 0. The number of furan rings is 1. The summed E-state index contributed by atoms with van der Waals surface area (Å²) in [6, 6.07) is 13.4. The molecule has 0 aliphatic rings. The number of anilines is 1. The van der Waals surface area contributed by atoms with Gasteiger partial charge in [0.15, 0.2) is 0 Å². The average Bonchev–Trinajstić information content (AvgIpc) is 3.05. The van der Waals surface area contributed by atoms with Gasteiger partial charge in [-0.3, -0.25) is 4.72 Å². The van der Waals surface area contributed by atoms with Crippen LogP contribution in [0.15, 0.2) is 68.4 Å². The largest absolute Gasteiger partial charge is 0.475 e. The van der Waals surface area contributed by atoms with Gasteiger partial charge in [0, 0.05) is 20.7 Å². The van der Waals surface area contributed by atoms with Crippen molar-refractivity contribution >= 4 is 49.2 Å². The molecular weight excluding hydrogens is 446 g/mol. The third kappa shape index (κ3) is 3.92. The van der Waals surface area contributed by atoms with Gasteiger partial charge in [-0.2, -0.15) is 0 Å². The van der Waals surface area contributed by atoms with Crippen LogP contribution < -0.4 is 4.72 Å². The van der Waals surface area contributed by atoms with Crippen molar-refractivity contribution in [1.29, 1.82) is 0 Å². The molecule has 0 saturated carbocycles. The molecule has 3 rings (SSSR count). The number of carboxylic acid groups (broad SMARTS) is 1. The van der Waals surface area contributed by atoms with Gasteiger partial charge in [0.2, 0.25) is 5.76 Å². The Labute approximate surface area is 162 Å². The first-order valence-electron chi connectivity index (χ1n) is 7.18. The highest BCUT2D eigenvalue weighted by atomic mass is 79.9. The second kappa shape index (κ2) is 7.14. The Hall–Kier alpha value is -2.29. The van der Waals surface area contributed by atoms with E-state index >= 15 is 0 Å². The predicted octanol–water partition coefficient (Wildman–Crippen LogP) is 4.86. The van der Waals surface area contributed by atoms with E-state index in [0.717, 1.165) is 0 Å². The number of nitrogens with one attached hydrogen (secondary N) is 1. The van der Waals surface area contributed by atoms with Crippen LogP contribution >= 0.6 is 27.5 Å². The van der Waals surface area contributed by atoms with Crippen molar-refractivity contribution in [2.24, 2.45) is 0 Å². The molecule has 26 heavy (non-hydrogen) atoms. The Morgan fingerprint density at radius 2 is 1.77 bits per heavy atom. The van der Waals surface area contributed by atoms with E-state index in [0.29, 0.717) is 26.5 Å². The molecule has 9 heteroatoms. The minimum atomic E-state index is -3.76. The molecule has 0 unspecified atom stereocenters. The summed E-state index contributed by atoms with van der Waals surface area (Å²) in [6.45, 7) is 0. The zero-order chi connectivity index (χ0) is 18.9. The normalized spacial score (nSPS) is 11.3. The van der Waals surface area contributed by atoms with Gasteiger partial charge < -0.3 is 9.52 Å². The van der Waals surface area contributed by atoms with E-state index in [4.69, 9.17) is 21.1 Å². The average molecular weight is 457 g/mol. The smallest absolute Gasteiger partial charge is 0.371 e. The summed E-state index contributed by atoms with van der Waals surface area (Å²) in [5, 5.41) is 9.36. The zero-order valence-corrected chi connectivity index (χ0v) is 16.1. The highest BCUT2D eigenvalue weighted by Gasteiger charge is 2.16. The molecule has 2 aromatic carbocycles. The number of aromatic carboxylic acids is 1. The molecule has 0 aliphatic carbocycles. The lowest BCUT2D eigenvalue weighted by atomic mass is 10.1. The molecule has 1 heterocycles. The van der Waals surface area contributed by atoms with Gasteiger partial charge in [-0.1, -0.05) is 11.6 Å². The van der Waals surface area contributed by atoms with Crippen LogP contribution in [-0.4, -0.2) is 19.5 Å². The summed E-state index contributed by atoms with van der Waals surface area (Å²) < 4.78 is 33.1. The highest BCUT2D eigenvalue weighted by Crippen LogP contribution is 2.32. The van der Waals surface area contributed by atoms with Crippen LogP contribution in [-0.2, 0) is 10.0 Å². The van der Waals surface area contributed by atoms with Crippen LogP contribution in [0.3, 0.4) is 0 Å². The molecule has 0 atom stereocenters. The minimum Gasteiger partial charge on any atom is -0.475 e. The second-order valence-corrected chi connectivity index (χ2v) is 8.20. The van der Waals surface area contributed by atoms with E-state index in [9.17, 15) is 13.2 Å². The zero-order valence-electron chi connectivity index (χ0n) is 12.9. The summed E-state index contributed by atoms with van der Waals surface area (Å²) in [5.41, 5.74) is 0.924. The van der Waals surface area contributed by atoms with Crippen LogP contribution in [0.25, 0.3) is 11.3 Å². The van der Waals surface area contributed by atoms with Crippen molar-refractivity contribution in [3.8, 4) is 11.3 Å². The first-order chi connectivity index (χ1) is 12.3. The van der Waals surface area contributed by atoms with Gasteiger partial charge in [-0.25, -0.2) is 13.2 Å². The van der Waals surface area contributed by atoms with E-state index in [1.807, 2.05) is 0 Å². The van der Waals surface area contributed by atoms with E-state index < -0.39 is 16.0 Å². The fourth-order valence-corrected chi connectivity index (χ4v) is 3.95. The quantitative estimate of drug-likeness (QED) is 0.571. The lowest BCUT2D eigenvalue weighted by Crippen LogP contribution is -2.12. The molecule has 0 spiro atoms. The molecule has 0 bridgehead atoms. The molecule has 3 aromatic rings. The fourth-order valence-electron chi connectivity index (χ4n) is 2.20. The van der Waals surface area contributed by atoms with Crippen LogP contribution in [0.2, 0.25) is 5.02 Å². The van der Waals surface area contributed by atoms with Crippen LogP contribution in [0.5, 0.6) is 0 Å². The molecule has 0 radical (unpaired) electrons. The lowest BCUT2D eigenvalue weighted by molar-refractivity contribution is 0.0663. The number of rotatable bonds is 5. The minimum absolute atomic E-state index is 0.0826. The molecule has 0 fully saturated rings. The topological polar surface area (TPSA) is 96.6 Å². The maximum atomic E-state index is 12.4. The molecular formula is C17H11BrClNO5S. The summed E-state index contributed by atoms with van der Waals surface area (Å²) >= 11 is 9.12. The lowest BCUT2D eigenvalue weighted by Gasteiger charge is -2.10. The van der Waals surface area contributed by atoms with Gasteiger partial charge >= 0.3 is 5.97 Å². The number of sulfonamides is 1. The van der Waals surface area contributed by atoms with Crippen LogP contribution in [0.4, 0.5) is 5.69 Å². The van der Waals surface area contributed by atoms with Crippen LogP contribution in [0, 0.1) is 0 Å². The van der Waals surface area contributed by atoms with Gasteiger partial charge in [0.1, 0.15) is 5.76 Å². The molecule has 0 aliphatic heterocycles. The Balaban J connectivity index is 1.87. The first-order valence-corrected chi connectivity index (χ1v) is 9.83. The first kappa shape index (κ1) is 18.5. The van der Waals surface area contributed by atoms with E-state index in [-0.39, 0.29) is 10.7 Å². The van der Waals surface area contributed by atoms with Crippen molar-refractivity contribution in [2.45, 2.75) is 4.90 Å². The molecule has 1 aromatic heterocycles. The van der Waals surface area contributed by atoms with Gasteiger partial charge in [0.25, 0.3) is 10.0 Å². The van der Waals surface area contributed by atoms with E-state index in [1.54, 1.807) is 18.2 Å². The highest BCUT2D eigenvalue weighted by molar-refractivity contribution is 9.10. The number of hydrogen-bond acceptors (Lipinski definition) is 4. The Kier molecular flexibility index (Phi) is 5.08. The summed E-state index contributed by atoms with van der Waals surface area (Å²) in [5.74, 6) is -1.000. The third-order valence-electron chi connectivity index (χ3n) is 3.43. The van der Waals surface area contributed by atoms with Gasteiger partial charge in [-0.05, 0) is 70.5 Å². The van der Waals surface area contributed by atoms with Crippen molar-refractivity contribution in [1.82, 2.24) is 0 Å². The van der Waals surface area contributed by atoms with Crippen molar-refractivity contribution in [3.63, 3.8) is 0 Å². The van der Waals surface area contributed by atoms with Crippen molar-refractivity contribution in [2.75, 3.05) is 4.72 Å². The maximum absolute atomic E-state index is 12.4.